The first kappa shape index (κ1) is 15.2. The van der Waals surface area contributed by atoms with Gasteiger partial charge in [-0.05, 0) is 6.92 Å². The van der Waals surface area contributed by atoms with Gasteiger partial charge in [0.25, 0.3) is 0 Å². The minimum Gasteiger partial charge on any atom is -0.377 e. The van der Waals surface area contributed by atoms with Crippen LogP contribution in [0.25, 0.3) is 0 Å². The van der Waals surface area contributed by atoms with Crippen LogP contribution in [0.15, 0.2) is 0 Å². The molecule has 1 fully saturated rings. The number of amides is 1. The summed E-state index contributed by atoms with van der Waals surface area (Å²) in [6, 6.07) is -0.808. The van der Waals surface area contributed by atoms with Gasteiger partial charge in [-0.1, -0.05) is 0 Å². The second-order valence-electron chi connectivity index (χ2n) is 4.02. The molecule has 1 amide bonds. The highest BCUT2D eigenvalue weighted by Crippen LogP contribution is 2.24. The van der Waals surface area contributed by atoms with Crippen molar-refractivity contribution in [2.75, 3.05) is 14.2 Å². The lowest BCUT2D eigenvalue weighted by Crippen LogP contribution is -2.57. The van der Waals surface area contributed by atoms with Gasteiger partial charge in [-0.15, -0.1) is 0 Å². The van der Waals surface area contributed by atoms with Crippen molar-refractivity contribution in [1.82, 2.24) is 5.32 Å². The van der Waals surface area contributed by atoms with E-state index in [1.807, 2.05) is 5.32 Å². The van der Waals surface area contributed by atoms with Gasteiger partial charge in [-0.25, -0.2) is 0 Å². The Morgan fingerprint density at radius 2 is 1.94 bits per heavy atom. The zero-order valence-corrected chi connectivity index (χ0v) is 10.3. The molecule has 8 heteroatoms. The quantitative estimate of drug-likeness (QED) is 0.826. The van der Waals surface area contributed by atoms with E-state index in [1.165, 1.54) is 14.2 Å². The fraction of sp³-hybridized carbons (Fsp3) is 0.900. The maximum Gasteiger partial charge on any atom is 0.471 e. The normalized spacial score (nSPS) is 33.2. The summed E-state index contributed by atoms with van der Waals surface area (Å²) in [5.41, 5.74) is 0. The molecular formula is C10H16F3NO4. The average molecular weight is 271 g/mol. The van der Waals surface area contributed by atoms with E-state index in [2.05, 4.69) is 0 Å². The zero-order chi connectivity index (χ0) is 13.9. The van der Waals surface area contributed by atoms with Gasteiger partial charge in [0.15, 0.2) is 6.29 Å². The van der Waals surface area contributed by atoms with Gasteiger partial charge in [0.1, 0.15) is 6.10 Å². The first-order valence-electron chi connectivity index (χ1n) is 5.38. The molecule has 5 nitrogen and oxygen atoms in total. The third-order valence-corrected chi connectivity index (χ3v) is 2.78. The molecule has 1 aliphatic heterocycles. The highest BCUT2D eigenvalue weighted by molar-refractivity contribution is 5.82. The third-order valence-electron chi connectivity index (χ3n) is 2.78. The molecule has 1 rings (SSSR count). The Hall–Kier alpha value is -0.860. The summed E-state index contributed by atoms with van der Waals surface area (Å²) in [7, 11) is 2.73. The highest BCUT2D eigenvalue weighted by Gasteiger charge is 2.44. The summed E-state index contributed by atoms with van der Waals surface area (Å²) in [6.07, 6.45) is -6.61. The number of alkyl halides is 3. The molecule has 0 bridgehead atoms. The Kier molecular flexibility index (Phi) is 4.94. The maximum atomic E-state index is 12.2. The Balaban J connectivity index is 2.73. The first-order valence-corrected chi connectivity index (χ1v) is 5.38. The molecule has 0 spiro atoms. The Bertz CT molecular complexity index is 297. The van der Waals surface area contributed by atoms with Gasteiger partial charge < -0.3 is 19.5 Å². The largest absolute Gasteiger partial charge is 0.471 e. The van der Waals surface area contributed by atoms with Crippen molar-refractivity contribution in [3.8, 4) is 0 Å². The number of methoxy groups -OCH3 is 2. The molecule has 1 heterocycles. The number of carbonyl (C=O) groups is 1. The van der Waals surface area contributed by atoms with Crippen molar-refractivity contribution < 1.29 is 32.2 Å². The van der Waals surface area contributed by atoms with E-state index in [0.29, 0.717) is 0 Å². The van der Waals surface area contributed by atoms with Crippen LogP contribution in [0.2, 0.25) is 0 Å². The van der Waals surface area contributed by atoms with E-state index >= 15 is 0 Å². The van der Waals surface area contributed by atoms with Crippen molar-refractivity contribution >= 4 is 5.91 Å². The van der Waals surface area contributed by atoms with Gasteiger partial charge in [0.05, 0.1) is 12.1 Å². The third kappa shape index (κ3) is 3.56. The molecule has 4 atom stereocenters. The fourth-order valence-electron chi connectivity index (χ4n) is 1.94. The molecule has 0 saturated carbocycles. The molecule has 1 saturated heterocycles. The highest BCUT2D eigenvalue weighted by atomic mass is 19.4. The van der Waals surface area contributed by atoms with Crippen LogP contribution in [0.4, 0.5) is 13.2 Å². The lowest BCUT2D eigenvalue weighted by molar-refractivity contribution is -0.222. The Labute approximate surface area is 103 Å². The van der Waals surface area contributed by atoms with E-state index < -0.39 is 36.6 Å². The lowest BCUT2D eigenvalue weighted by Gasteiger charge is -2.39. The Morgan fingerprint density at radius 3 is 2.39 bits per heavy atom. The van der Waals surface area contributed by atoms with E-state index in [9.17, 15) is 18.0 Å². The number of rotatable bonds is 3. The minimum atomic E-state index is -4.91. The van der Waals surface area contributed by atoms with Gasteiger partial charge in [-0.3, -0.25) is 4.79 Å². The number of hydrogen-bond acceptors (Lipinski definition) is 4. The molecule has 106 valence electrons. The molecule has 18 heavy (non-hydrogen) atoms. The van der Waals surface area contributed by atoms with Crippen molar-refractivity contribution in [2.45, 2.75) is 44.1 Å². The second kappa shape index (κ2) is 5.85. The van der Waals surface area contributed by atoms with E-state index in [4.69, 9.17) is 14.2 Å². The van der Waals surface area contributed by atoms with Crippen LogP contribution >= 0.6 is 0 Å². The van der Waals surface area contributed by atoms with Crippen LogP contribution in [0.1, 0.15) is 13.3 Å². The van der Waals surface area contributed by atoms with Crippen LogP contribution < -0.4 is 5.32 Å². The number of hydrogen-bond donors (Lipinski definition) is 1. The fourth-order valence-corrected chi connectivity index (χ4v) is 1.94. The number of ether oxygens (including phenoxy) is 3. The van der Waals surface area contributed by atoms with Crippen LogP contribution in [0.5, 0.6) is 0 Å². The van der Waals surface area contributed by atoms with Gasteiger partial charge >= 0.3 is 12.1 Å². The van der Waals surface area contributed by atoms with E-state index in [1.54, 1.807) is 6.92 Å². The molecular weight excluding hydrogens is 255 g/mol. The predicted molar refractivity (Wildman–Crippen MR) is 54.7 cm³/mol. The van der Waals surface area contributed by atoms with Gasteiger partial charge in [0.2, 0.25) is 0 Å². The molecule has 0 aliphatic carbocycles. The lowest BCUT2D eigenvalue weighted by atomic mass is 9.99. The van der Waals surface area contributed by atoms with Gasteiger partial charge in [0, 0.05) is 20.6 Å². The van der Waals surface area contributed by atoms with Crippen molar-refractivity contribution in [2.24, 2.45) is 0 Å². The maximum absolute atomic E-state index is 12.2. The van der Waals surface area contributed by atoms with E-state index in [-0.39, 0.29) is 6.42 Å². The summed E-state index contributed by atoms with van der Waals surface area (Å²) >= 11 is 0. The molecule has 0 aromatic heterocycles. The molecule has 0 aromatic carbocycles. The van der Waals surface area contributed by atoms with Gasteiger partial charge in [-0.2, -0.15) is 13.2 Å². The van der Waals surface area contributed by atoms with Crippen LogP contribution in [-0.4, -0.2) is 50.8 Å². The SMILES string of the molecule is CO[C@H]1C[C@H](NC(=O)C(F)(F)F)[C@H](OC)[C@H](C)O1. The van der Waals surface area contributed by atoms with Crippen LogP contribution in [-0.2, 0) is 19.0 Å². The summed E-state index contributed by atoms with van der Waals surface area (Å²) in [4.78, 5) is 10.9. The van der Waals surface area contributed by atoms with E-state index in [0.717, 1.165) is 0 Å². The molecule has 0 unspecified atom stereocenters. The smallest absolute Gasteiger partial charge is 0.377 e. The first-order chi connectivity index (χ1) is 8.29. The summed E-state index contributed by atoms with van der Waals surface area (Å²) in [5.74, 6) is -1.99. The standard InChI is InChI=1S/C10H16F3NO4/c1-5-8(17-3)6(4-7(16-2)18-5)14-9(15)10(11,12)13/h5-8H,4H2,1-3H3,(H,14,15)/t5-,6-,7+,8+/m0/s1. The van der Waals surface area contributed by atoms with Crippen molar-refractivity contribution in [1.29, 1.82) is 0 Å². The predicted octanol–water partition coefficient (Wildman–Crippen LogP) is 0.830. The second-order valence-corrected chi connectivity index (χ2v) is 4.02. The number of carbonyl (C=O) groups excluding carboxylic acids is 1. The zero-order valence-electron chi connectivity index (χ0n) is 10.3. The summed E-state index contributed by atoms with van der Waals surface area (Å²) < 4.78 is 51.9. The topological polar surface area (TPSA) is 56.8 Å². The number of nitrogens with one attached hydrogen (secondary N) is 1. The Morgan fingerprint density at radius 1 is 1.33 bits per heavy atom. The average Bonchev–Trinajstić information content (AvgIpc) is 2.27. The molecule has 0 radical (unpaired) electrons. The molecule has 1 N–H and O–H groups in total. The minimum absolute atomic E-state index is 0.0984. The summed E-state index contributed by atoms with van der Waals surface area (Å²) in [5, 5.41) is 1.91. The van der Waals surface area contributed by atoms with Crippen molar-refractivity contribution in [3.63, 3.8) is 0 Å². The number of halogens is 3. The molecule has 1 aliphatic rings. The van der Waals surface area contributed by atoms with Crippen molar-refractivity contribution in [3.05, 3.63) is 0 Å². The summed E-state index contributed by atoms with van der Waals surface area (Å²) in [6.45, 7) is 1.64. The molecule has 0 aromatic rings. The monoisotopic (exact) mass is 271 g/mol. The van der Waals surface area contributed by atoms with Crippen LogP contribution in [0.3, 0.4) is 0 Å². The van der Waals surface area contributed by atoms with Crippen LogP contribution in [0, 0.1) is 0 Å².